The lowest BCUT2D eigenvalue weighted by Crippen LogP contribution is -2.09. The van der Waals surface area contributed by atoms with Gasteiger partial charge in [-0.15, -0.1) is 0 Å². The number of hydrogen-bond donors (Lipinski definition) is 1. The minimum Gasteiger partial charge on any atom is -0.482 e. The molecule has 0 amide bonds. The van der Waals surface area contributed by atoms with Crippen molar-refractivity contribution in [2.75, 3.05) is 6.61 Å². The molecule has 1 N–H and O–H groups in total. The minimum atomic E-state index is -1.05. The smallest absolute Gasteiger partial charge is 0.363 e. The minimum absolute atomic E-state index is 0.171. The van der Waals surface area contributed by atoms with Gasteiger partial charge in [0, 0.05) is 10.6 Å². The van der Waals surface area contributed by atoms with Crippen molar-refractivity contribution in [2.45, 2.75) is 0 Å². The Balaban J connectivity index is 1.77. The number of esters is 1. The third-order valence-electron chi connectivity index (χ3n) is 3.26. The molecular weight excluding hydrogens is 346 g/mol. The highest BCUT2D eigenvalue weighted by Crippen LogP contribution is 2.21. The lowest BCUT2D eigenvalue weighted by atomic mass is 10.2. The Labute approximate surface area is 148 Å². The van der Waals surface area contributed by atoms with Crippen LogP contribution in [0, 0.1) is 0 Å². The van der Waals surface area contributed by atoms with E-state index in [0.29, 0.717) is 21.9 Å². The second-order valence-corrected chi connectivity index (χ2v) is 5.53. The number of benzene rings is 2. The molecule has 2 aromatic carbocycles. The number of rotatable bonds is 5. The first-order valence-corrected chi connectivity index (χ1v) is 7.62. The molecule has 1 heterocycles. The first kappa shape index (κ1) is 16.7. The average Bonchev–Trinajstić information content (AvgIpc) is 2.95. The maximum atomic E-state index is 12.0. The zero-order chi connectivity index (χ0) is 17.8. The summed E-state index contributed by atoms with van der Waals surface area (Å²) in [5.74, 6) is -0.960. The Morgan fingerprint density at radius 1 is 1.16 bits per heavy atom. The maximum Gasteiger partial charge on any atom is 0.363 e. The monoisotopic (exact) mass is 357 g/mol. The third kappa shape index (κ3) is 4.24. The standard InChI is InChI=1S/C18H12ClNO5/c19-13-5-3-12(4-6-13)17-20-15(18(23)25-17)9-11-1-7-14(8-2-11)24-10-16(21)22/h1-9H,10H2,(H,21,22)/b15-9-. The van der Waals surface area contributed by atoms with Gasteiger partial charge in [0.25, 0.3) is 0 Å². The number of ether oxygens (including phenoxy) is 2. The Kier molecular flexibility index (Phi) is 4.81. The number of carboxylic acid groups (broad SMARTS) is 1. The first-order valence-electron chi connectivity index (χ1n) is 7.24. The van der Waals surface area contributed by atoms with Crippen LogP contribution in [-0.4, -0.2) is 29.5 Å². The van der Waals surface area contributed by atoms with Crippen molar-refractivity contribution >= 4 is 35.5 Å². The summed E-state index contributed by atoms with van der Waals surface area (Å²) in [7, 11) is 0. The molecule has 0 spiro atoms. The van der Waals surface area contributed by atoms with Gasteiger partial charge in [-0.2, -0.15) is 0 Å². The predicted molar refractivity (Wildman–Crippen MR) is 91.6 cm³/mol. The van der Waals surface area contributed by atoms with Gasteiger partial charge in [-0.25, -0.2) is 14.6 Å². The van der Waals surface area contributed by atoms with Crippen molar-refractivity contribution in [1.29, 1.82) is 0 Å². The van der Waals surface area contributed by atoms with Crippen molar-refractivity contribution in [3.63, 3.8) is 0 Å². The number of aliphatic imine (C=N–C) groups is 1. The third-order valence-corrected chi connectivity index (χ3v) is 3.51. The number of carboxylic acids is 1. The molecule has 0 unspecified atom stereocenters. The van der Waals surface area contributed by atoms with Gasteiger partial charge in [0.2, 0.25) is 5.90 Å². The summed E-state index contributed by atoms with van der Waals surface area (Å²) in [6, 6.07) is 13.4. The van der Waals surface area contributed by atoms with Crippen molar-refractivity contribution in [2.24, 2.45) is 4.99 Å². The maximum absolute atomic E-state index is 12.0. The fraction of sp³-hybridized carbons (Fsp3) is 0.0556. The molecule has 2 aromatic rings. The van der Waals surface area contributed by atoms with Gasteiger partial charge in [-0.3, -0.25) is 0 Å². The molecule has 3 rings (SSSR count). The van der Waals surface area contributed by atoms with Gasteiger partial charge >= 0.3 is 11.9 Å². The van der Waals surface area contributed by atoms with E-state index in [-0.39, 0.29) is 11.6 Å². The molecule has 0 saturated carbocycles. The molecule has 6 nitrogen and oxygen atoms in total. The van der Waals surface area contributed by atoms with Crippen LogP contribution in [0.3, 0.4) is 0 Å². The summed E-state index contributed by atoms with van der Waals surface area (Å²) in [5.41, 5.74) is 1.53. The van der Waals surface area contributed by atoms with Crippen LogP contribution in [0.4, 0.5) is 0 Å². The Bertz CT molecular complexity index is 869. The molecule has 7 heteroatoms. The molecule has 1 aliphatic heterocycles. The highest BCUT2D eigenvalue weighted by atomic mass is 35.5. The summed E-state index contributed by atoms with van der Waals surface area (Å²) in [6.07, 6.45) is 1.58. The second kappa shape index (κ2) is 7.19. The van der Waals surface area contributed by atoms with Crippen LogP contribution in [-0.2, 0) is 14.3 Å². The van der Waals surface area contributed by atoms with E-state index in [1.54, 1.807) is 54.6 Å². The van der Waals surface area contributed by atoms with E-state index in [1.807, 2.05) is 0 Å². The summed E-state index contributed by atoms with van der Waals surface area (Å²) >= 11 is 5.83. The highest BCUT2D eigenvalue weighted by Gasteiger charge is 2.24. The summed E-state index contributed by atoms with van der Waals surface area (Å²) in [4.78, 5) is 26.6. The van der Waals surface area contributed by atoms with Crippen LogP contribution < -0.4 is 4.74 Å². The number of halogens is 1. The lowest BCUT2D eigenvalue weighted by Gasteiger charge is -2.02. The predicted octanol–water partition coefficient (Wildman–Crippen LogP) is 3.15. The number of cyclic esters (lactones) is 1. The first-order chi connectivity index (χ1) is 12.0. The van der Waals surface area contributed by atoms with Crippen LogP contribution in [0.1, 0.15) is 11.1 Å². The number of carbonyl (C=O) groups is 2. The Morgan fingerprint density at radius 3 is 2.48 bits per heavy atom. The fourth-order valence-corrected chi connectivity index (χ4v) is 2.21. The van der Waals surface area contributed by atoms with E-state index < -0.39 is 18.5 Å². The van der Waals surface area contributed by atoms with Crippen LogP contribution in [0.5, 0.6) is 5.75 Å². The van der Waals surface area contributed by atoms with Gasteiger partial charge in [0.15, 0.2) is 12.3 Å². The van der Waals surface area contributed by atoms with Gasteiger partial charge < -0.3 is 14.6 Å². The molecule has 0 aliphatic carbocycles. The van der Waals surface area contributed by atoms with Crippen molar-refractivity contribution < 1.29 is 24.2 Å². The topological polar surface area (TPSA) is 85.2 Å². The van der Waals surface area contributed by atoms with E-state index in [1.165, 1.54) is 0 Å². The van der Waals surface area contributed by atoms with E-state index >= 15 is 0 Å². The zero-order valence-corrected chi connectivity index (χ0v) is 13.6. The molecule has 1 aliphatic rings. The van der Waals surface area contributed by atoms with E-state index in [2.05, 4.69) is 4.99 Å². The molecule has 126 valence electrons. The van der Waals surface area contributed by atoms with E-state index in [9.17, 15) is 9.59 Å². The van der Waals surface area contributed by atoms with E-state index in [4.69, 9.17) is 26.2 Å². The van der Waals surface area contributed by atoms with Gasteiger partial charge in [0.1, 0.15) is 5.75 Å². The number of nitrogens with zero attached hydrogens (tertiary/aromatic N) is 1. The van der Waals surface area contributed by atoms with Crippen molar-refractivity contribution in [3.8, 4) is 5.75 Å². The van der Waals surface area contributed by atoms with E-state index in [0.717, 1.165) is 0 Å². The van der Waals surface area contributed by atoms with Crippen molar-refractivity contribution in [1.82, 2.24) is 0 Å². The van der Waals surface area contributed by atoms with Crippen LogP contribution >= 0.6 is 11.6 Å². The Hall–Kier alpha value is -3.12. The fourth-order valence-electron chi connectivity index (χ4n) is 2.09. The molecule has 0 bridgehead atoms. The average molecular weight is 358 g/mol. The van der Waals surface area contributed by atoms with Gasteiger partial charge in [0.05, 0.1) is 0 Å². The van der Waals surface area contributed by atoms with Crippen LogP contribution in [0.15, 0.2) is 59.2 Å². The van der Waals surface area contributed by atoms with Crippen LogP contribution in [0.25, 0.3) is 6.08 Å². The molecule has 0 atom stereocenters. The lowest BCUT2D eigenvalue weighted by molar-refractivity contribution is -0.139. The molecule has 0 radical (unpaired) electrons. The molecule has 0 aromatic heterocycles. The van der Waals surface area contributed by atoms with Crippen LogP contribution in [0.2, 0.25) is 5.02 Å². The molecular formula is C18H12ClNO5. The number of carbonyl (C=O) groups excluding carboxylic acids is 1. The molecule has 0 fully saturated rings. The Morgan fingerprint density at radius 2 is 1.84 bits per heavy atom. The normalized spacial score (nSPS) is 15.0. The summed E-state index contributed by atoms with van der Waals surface area (Å²) < 4.78 is 10.2. The highest BCUT2D eigenvalue weighted by molar-refractivity contribution is 6.30. The summed E-state index contributed by atoms with van der Waals surface area (Å²) in [5, 5.41) is 9.15. The second-order valence-electron chi connectivity index (χ2n) is 5.09. The van der Waals surface area contributed by atoms with Crippen molar-refractivity contribution in [3.05, 3.63) is 70.4 Å². The zero-order valence-electron chi connectivity index (χ0n) is 12.8. The quantitative estimate of drug-likeness (QED) is 0.656. The molecule has 0 saturated heterocycles. The summed E-state index contributed by atoms with van der Waals surface area (Å²) in [6.45, 7) is -0.415. The largest absolute Gasteiger partial charge is 0.482 e. The number of hydrogen-bond acceptors (Lipinski definition) is 5. The molecule has 25 heavy (non-hydrogen) atoms. The SMILES string of the molecule is O=C(O)COc1ccc(/C=C2\N=C(c3ccc(Cl)cc3)OC2=O)cc1. The number of aliphatic carboxylic acids is 1. The van der Waals surface area contributed by atoms with Gasteiger partial charge in [-0.05, 0) is 48.0 Å². The van der Waals surface area contributed by atoms with Gasteiger partial charge in [-0.1, -0.05) is 23.7 Å².